The van der Waals surface area contributed by atoms with Crippen molar-refractivity contribution in [1.82, 2.24) is 15.3 Å². The molecule has 2 aromatic heterocycles. The van der Waals surface area contributed by atoms with E-state index >= 15 is 0 Å². The number of carboxylic acids is 1. The van der Waals surface area contributed by atoms with E-state index in [0.29, 0.717) is 32.4 Å². The average molecular weight is 372 g/mol. The molecule has 0 aromatic carbocycles. The van der Waals surface area contributed by atoms with Crippen LogP contribution in [0.1, 0.15) is 32.1 Å². The van der Waals surface area contributed by atoms with Crippen LogP contribution in [0.5, 0.6) is 0 Å². The van der Waals surface area contributed by atoms with Gasteiger partial charge in [-0.25, -0.2) is 0 Å². The first-order valence-electron chi connectivity index (χ1n) is 9.11. The van der Waals surface area contributed by atoms with Gasteiger partial charge in [0, 0.05) is 62.1 Å². The number of amides is 1. The average Bonchev–Trinajstić information content (AvgIpc) is 2.66. The maximum absolute atomic E-state index is 11.8. The Morgan fingerprint density at radius 3 is 2.70 bits per heavy atom. The Hall–Kier alpha value is -2.74. The molecule has 3 N–H and O–H groups in total. The number of nitrogens with one attached hydrogen (secondary N) is 1. The molecule has 0 atom stereocenters. The summed E-state index contributed by atoms with van der Waals surface area (Å²) in [6.07, 6.45) is 6.79. The molecular formula is C19H24N4O4. The van der Waals surface area contributed by atoms with Crippen molar-refractivity contribution in [2.24, 2.45) is 0 Å². The minimum Gasteiger partial charge on any atom is -0.481 e. The molecule has 1 aliphatic rings. The van der Waals surface area contributed by atoms with Crippen LogP contribution in [0.3, 0.4) is 0 Å². The summed E-state index contributed by atoms with van der Waals surface area (Å²) in [7, 11) is 0. The number of hydrogen-bond acceptors (Lipinski definition) is 6. The van der Waals surface area contributed by atoms with Gasteiger partial charge >= 0.3 is 5.97 Å². The van der Waals surface area contributed by atoms with Crippen molar-refractivity contribution < 1.29 is 19.8 Å². The Bertz CT molecular complexity index is 813. The van der Waals surface area contributed by atoms with Crippen LogP contribution < -0.4 is 10.2 Å². The zero-order valence-corrected chi connectivity index (χ0v) is 15.1. The van der Waals surface area contributed by atoms with Crippen molar-refractivity contribution in [1.29, 1.82) is 0 Å². The minimum absolute atomic E-state index is 0.0264. The fourth-order valence-corrected chi connectivity index (χ4v) is 3.34. The number of pyridine rings is 2. The molecular weight excluding hydrogens is 348 g/mol. The van der Waals surface area contributed by atoms with Gasteiger partial charge in [0.05, 0.1) is 11.1 Å². The first-order chi connectivity index (χ1) is 13.0. The van der Waals surface area contributed by atoms with Gasteiger partial charge < -0.3 is 20.4 Å². The van der Waals surface area contributed by atoms with Crippen LogP contribution in [0, 0.1) is 0 Å². The van der Waals surface area contributed by atoms with Gasteiger partial charge in [0.15, 0.2) is 0 Å². The zero-order valence-electron chi connectivity index (χ0n) is 15.1. The summed E-state index contributed by atoms with van der Waals surface area (Å²) < 4.78 is 0. The maximum atomic E-state index is 11.8. The largest absolute Gasteiger partial charge is 0.481 e. The number of aliphatic carboxylic acids is 1. The van der Waals surface area contributed by atoms with Crippen LogP contribution in [0.15, 0.2) is 30.7 Å². The van der Waals surface area contributed by atoms with E-state index in [4.69, 9.17) is 5.11 Å². The lowest BCUT2D eigenvalue weighted by Gasteiger charge is -2.39. The summed E-state index contributed by atoms with van der Waals surface area (Å²) in [6.45, 7) is 1.52. The number of piperidine rings is 1. The number of anilines is 1. The standard InChI is InChI=1S/C19H24N4O4/c24-17(2-1-3-18(25)26)22-13-19(27)6-10-23(11-7-19)16-5-9-21-15-4-8-20-12-14(15)16/h4-5,8-9,12,27H,1-3,6-7,10-11,13H2,(H,22,24)(H,25,26). The topological polar surface area (TPSA) is 116 Å². The van der Waals surface area contributed by atoms with E-state index in [1.165, 1.54) is 0 Å². The lowest BCUT2D eigenvalue weighted by atomic mass is 9.91. The number of carbonyl (C=O) groups is 2. The van der Waals surface area contributed by atoms with Gasteiger partial charge in [0.1, 0.15) is 0 Å². The van der Waals surface area contributed by atoms with Crippen molar-refractivity contribution in [3.8, 4) is 0 Å². The van der Waals surface area contributed by atoms with Gasteiger partial charge in [-0.05, 0) is 31.4 Å². The Labute approximate surface area is 157 Å². The summed E-state index contributed by atoms with van der Waals surface area (Å²) in [4.78, 5) is 33.0. The SMILES string of the molecule is O=C(O)CCCC(=O)NCC1(O)CCN(c2ccnc3ccncc23)CC1. The second kappa shape index (κ2) is 8.30. The fourth-order valence-electron chi connectivity index (χ4n) is 3.34. The monoisotopic (exact) mass is 372 g/mol. The van der Waals surface area contributed by atoms with Crippen LogP contribution in [0.2, 0.25) is 0 Å². The van der Waals surface area contributed by atoms with Crippen molar-refractivity contribution in [3.05, 3.63) is 30.7 Å². The lowest BCUT2D eigenvalue weighted by molar-refractivity contribution is -0.137. The van der Waals surface area contributed by atoms with E-state index < -0.39 is 11.6 Å². The van der Waals surface area contributed by atoms with Crippen molar-refractivity contribution in [2.75, 3.05) is 24.5 Å². The zero-order chi connectivity index (χ0) is 19.3. The predicted molar refractivity (Wildman–Crippen MR) is 100 cm³/mol. The third kappa shape index (κ3) is 4.91. The van der Waals surface area contributed by atoms with Gasteiger partial charge in [0.2, 0.25) is 5.91 Å². The number of aromatic nitrogens is 2. The Morgan fingerprint density at radius 2 is 1.96 bits per heavy atom. The van der Waals surface area contributed by atoms with Crippen molar-refractivity contribution in [3.63, 3.8) is 0 Å². The minimum atomic E-state index is -0.944. The highest BCUT2D eigenvalue weighted by molar-refractivity contribution is 5.90. The number of fused-ring (bicyclic) bond motifs is 1. The van der Waals surface area contributed by atoms with E-state index in [1.54, 1.807) is 18.6 Å². The number of hydrogen-bond donors (Lipinski definition) is 3. The molecule has 0 bridgehead atoms. The molecule has 0 unspecified atom stereocenters. The van der Waals surface area contributed by atoms with Crippen LogP contribution in [0.25, 0.3) is 10.9 Å². The molecule has 8 heteroatoms. The van der Waals surface area contributed by atoms with Crippen LogP contribution in [-0.4, -0.2) is 57.3 Å². The van der Waals surface area contributed by atoms with Crippen molar-refractivity contribution >= 4 is 28.5 Å². The maximum Gasteiger partial charge on any atom is 0.303 e. The summed E-state index contributed by atoms with van der Waals surface area (Å²) in [5.74, 6) is -1.13. The van der Waals surface area contributed by atoms with E-state index in [9.17, 15) is 14.7 Å². The van der Waals surface area contributed by atoms with Gasteiger partial charge in [-0.3, -0.25) is 19.6 Å². The third-order valence-electron chi connectivity index (χ3n) is 4.96. The highest BCUT2D eigenvalue weighted by Gasteiger charge is 2.33. The quantitative estimate of drug-likeness (QED) is 0.671. The first-order valence-corrected chi connectivity index (χ1v) is 9.11. The molecule has 3 rings (SSSR count). The van der Waals surface area contributed by atoms with Crippen LogP contribution in [-0.2, 0) is 9.59 Å². The summed E-state index contributed by atoms with van der Waals surface area (Å²) in [5.41, 5.74) is 0.991. The number of rotatable bonds is 7. The fraction of sp³-hybridized carbons (Fsp3) is 0.474. The molecule has 0 aliphatic carbocycles. The molecule has 1 aliphatic heterocycles. The van der Waals surface area contributed by atoms with E-state index in [1.807, 2.05) is 12.1 Å². The number of carboxylic acid groups (broad SMARTS) is 1. The molecule has 0 radical (unpaired) electrons. The summed E-state index contributed by atoms with van der Waals surface area (Å²) in [6, 6.07) is 3.83. The summed E-state index contributed by atoms with van der Waals surface area (Å²) >= 11 is 0. The van der Waals surface area contributed by atoms with Crippen LogP contribution in [0.4, 0.5) is 5.69 Å². The highest BCUT2D eigenvalue weighted by Crippen LogP contribution is 2.30. The molecule has 3 heterocycles. The second-order valence-corrected chi connectivity index (χ2v) is 6.96. The Balaban J connectivity index is 1.53. The number of nitrogens with zero attached hydrogens (tertiary/aromatic N) is 3. The van der Waals surface area contributed by atoms with Gasteiger partial charge in [-0.2, -0.15) is 0 Å². The molecule has 0 spiro atoms. The number of carbonyl (C=O) groups excluding carboxylic acids is 1. The predicted octanol–water partition coefficient (Wildman–Crippen LogP) is 1.33. The smallest absolute Gasteiger partial charge is 0.303 e. The van der Waals surface area contributed by atoms with Crippen LogP contribution >= 0.6 is 0 Å². The van der Waals surface area contributed by atoms with Crippen molar-refractivity contribution in [2.45, 2.75) is 37.7 Å². The normalized spacial score (nSPS) is 16.3. The molecule has 144 valence electrons. The van der Waals surface area contributed by atoms with E-state index in [-0.39, 0.29) is 25.3 Å². The molecule has 1 amide bonds. The molecule has 1 saturated heterocycles. The second-order valence-electron chi connectivity index (χ2n) is 6.96. The highest BCUT2D eigenvalue weighted by atomic mass is 16.4. The number of aliphatic hydroxyl groups is 1. The summed E-state index contributed by atoms with van der Waals surface area (Å²) in [5, 5.41) is 23.1. The third-order valence-corrected chi connectivity index (χ3v) is 4.96. The lowest BCUT2D eigenvalue weighted by Crippen LogP contribution is -2.51. The Kier molecular flexibility index (Phi) is 5.85. The molecule has 27 heavy (non-hydrogen) atoms. The van der Waals surface area contributed by atoms with Gasteiger partial charge in [0.25, 0.3) is 0 Å². The van der Waals surface area contributed by atoms with Gasteiger partial charge in [-0.15, -0.1) is 0 Å². The molecule has 8 nitrogen and oxygen atoms in total. The van der Waals surface area contributed by atoms with Gasteiger partial charge in [-0.1, -0.05) is 0 Å². The first kappa shape index (κ1) is 19.0. The van der Waals surface area contributed by atoms with E-state index in [2.05, 4.69) is 20.2 Å². The molecule has 2 aromatic rings. The Morgan fingerprint density at radius 1 is 1.19 bits per heavy atom. The molecule has 0 saturated carbocycles. The molecule has 1 fully saturated rings. The van der Waals surface area contributed by atoms with E-state index in [0.717, 1.165) is 16.6 Å².